The molecule has 2 rings (SSSR count). The Kier molecular flexibility index (Phi) is 3.56. The zero-order valence-corrected chi connectivity index (χ0v) is 9.55. The first-order valence-corrected chi connectivity index (χ1v) is 5.70. The van der Waals surface area contributed by atoms with Crippen molar-refractivity contribution in [2.24, 2.45) is 5.10 Å². The Hall–Kier alpha value is -1.36. The highest BCUT2D eigenvalue weighted by Gasteiger charge is 2.08. The van der Waals surface area contributed by atoms with E-state index in [0.29, 0.717) is 5.69 Å². The Labute approximate surface area is 97.9 Å². The van der Waals surface area contributed by atoms with E-state index < -0.39 is 5.56 Å². The predicted octanol–water partition coefficient (Wildman–Crippen LogP) is 2.16. The molecule has 0 bridgehead atoms. The molecule has 1 fully saturated rings. The summed E-state index contributed by atoms with van der Waals surface area (Å²) in [6, 6.07) is 0. The molecule has 1 aromatic heterocycles. The Bertz CT molecular complexity index is 446. The van der Waals surface area contributed by atoms with Crippen molar-refractivity contribution in [3.05, 3.63) is 21.6 Å². The number of nitrogens with one attached hydrogen (secondary N) is 2. The van der Waals surface area contributed by atoms with Crippen molar-refractivity contribution in [3.63, 3.8) is 0 Å². The fraction of sp³-hybridized carbons (Fsp3) is 0.500. The van der Waals surface area contributed by atoms with Crippen LogP contribution in [0.15, 0.2) is 16.1 Å². The molecule has 2 N–H and O–H groups in total. The molecule has 0 unspecified atom stereocenters. The number of H-pyrrole nitrogens is 1. The van der Waals surface area contributed by atoms with E-state index in [0.717, 1.165) is 18.6 Å². The molecule has 1 aliphatic rings. The van der Waals surface area contributed by atoms with E-state index >= 15 is 0 Å². The quantitative estimate of drug-likeness (QED) is 0.779. The second-order valence-electron chi connectivity index (χ2n) is 3.78. The molecule has 0 radical (unpaired) electrons. The van der Waals surface area contributed by atoms with E-state index in [2.05, 4.69) is 20.7 Å². The number of anilines is 1. The summed E-state index contributed by atoms with van der Waals surface area (Å²) in [6.45, 7) is 0. The van der Waals surface area contributed by atoms with E-state index in [1.54, 1.807) is 0 Å². The van der Waals surface area contributed by atoms with Gasteiger partial charge >= 0.3 is 0 Å². The van der Waals surface area contributed by atoms with Gasteiger partial charge in [-0.15, -0.1) is 0 Å². The molecule has 6 heteroatoms. The number of halogens is 1. The standard InChI is InChI=1S/C10H13ClN4O/c11-9-8(6-12-15-10(9)16)14-13-7-4-2-1-3-5-7/h6H,1-5H2,(H2,14,15,16). The third-order valence-corrected chi connectivity index (χ3v) is 2.94. The number of aromatic amines is 1. The van der Waals surface area contributed by atoms with Crippen LogP contribution in [-0.2, 0) is 0 Å². The van der Waals surface area contributed by atoms with E-state index in [-0.39, 0.29) is 5.02 Å². The lowest BCUT2D eigenvalue weighted by atomic mass is 9.99. The van der Waals surface area contributed by atoms with Gasteiger partial charge in [-0.2, -0.15) is 10.2 Å². The average Bonchev–Trinajstić information content (AvgIpc) is 2.32. The molecule has 0 aliphatic heterocycles. The molecule has 16 heavy (non-hydrogen) atoms. The molecule has 1 heterocycles. The fourth-order valence-corrected chi connectivity index (χ4v) is 1.81. The topological polar surface area (TPSA) is 70.1 Å². The third-order valence-electron chi connectivity index (χ3n) is 2.56. The van der Waals surface area contributed by atoms with E-state index in [4.69, 9.17) is 11.6 Å². The Balaban J connectivity index is 2.09. The molecule has 86 valence electrons. The summed E-state index contributed by atoms with van der Waals surface area (Å²) >= 11 is 5.80. The second kappa shape index (κ2) is 5.12. The van der Waals surface area contributed by atoms with Crippen LogP contribution in [0.3, 0.4) is 0 Å². The zero-order valence-electron chi connectivity index (χ0n) is 8.79. The van der Waals surface area contributed by atoms with Crippen LogP contribution in [0.1, 0.15) is 32.1 Å². The van der Waals surface area contributed by atoms with Gasteiger partial charge in [0.25, 0.3) is 5.56 Å². The Morgan fingerprint density at radius 1 is 1.38 bits per heavy atom. The van der Waals surface area contributed by atoms with Crippen molar-refractivity contribution in [2.45, 2.75) is 32.1 Å². The maximum absolute atomic E-state index is 11.2. The van der Waals surface area contributed by atoms with Gasteiger partial charge in [0.05, 0.1) is 6.20 Å². The van der Waals surface area contributed by atoms with Crippen molar-refractivity contribution in [1.82, 2.24) is 10.2 Å². The van der Waals surface area contributed by atoms with Gasteiger partial charge in [-0.05, 0) is 25.7 Å². The molecule has 0 saturated heterocycles. The minimum Gasteiger partial charge on any atom is -0.275 e. The van der Waals surface area contributed by atoms with Crippen LogP contribution in [0.5, 0.6) is 0 Å². The van der Waals surface area contributed by atoms with Gasteiger partial charge in [0.15, 0.2) is 0 Å². The largest absolute Gasteiger partial charge is 0.285 e. The lowest BCUT2D eigenvalue weighted by Gasteiger charge is -2.12. The Morgan fingerprint density at radius 2 is 2.12 bits per heavy atom. The van der Waals surface area contributed by atoms with Gasteiger partial charge in [0, 0.05) is 5.71 Å². The lowest BCUT2D eigenvalue weighted by Crippen LogP contribution is -2.12. The summed E-state index contributed by atoms with van der Waals surface area (Å²) in [4.78, 5) is 11.2. The van der Waals surface area contributed by atoms with Gasteiger partial charge in [-0.1, -0.05) is 18.0 Å². The molecular formula is C10H13ClN4O. The van der Waals surface area contributed by atoms with E-state index in [1.165, 1.54) is 25.5 Å². The van der Waals surface area contributed by atoms with Gasteiger partial charge in [-0.25, -0.2) is 5.10 Å². The highest BCUT2D eigenvalue weighted by atomic mass is 35.5. The van der Waals surface area contributed by atoms with Crippen molar-refractivity contribution < 1.29 is 0 Å². The normalized spacial score (nSPS) is 15.9. The van der Waals surface area contributed by atoms with Crippen LogP contribution in [-0.4, -0.2) is 15.9 Å². The van der Waals surface area contributed by atoms with E-state index in [9.17, 15) is 4.79 Å². The number of aromatic nitrogens is 2. The maximum Gasteiger partial charge on any atom is 0.285 e. The minimum absolute atomic E-state index is 0.0927. The van der Waals surface area contributed by atoms with Gasteiger partial charge in [0.1, 0.15) is 10.7 Å². The number of rotatable bonds is 2. The maximum atomic E-state index is 11.2. The van der Waals surface area contributed by atoms with Crippen LogP contribution in [0, 0.1) is 0 Å². The van der Waals surface area contributed by atoms with E-state index in [1.807, 2.05) is 0 Å². The average molecular weight is 241 g/mol. The summed E-state index contributed by atoms with van der Waals surface area (Å²) < 4.78 is 0. The monoisotopic (exact) mass is 240 g/mol. The molecule has 1 aromatic rings. The molecule has 0 atom stereocenters. The molecule has 5 nitrogen and oxygen atoms in total. The van der Waals surface area contributed by atoms with Crippen LogP contribution in [0.2, 0.25) is 5.02 Å². The lowest BCUT2D eigenvalue weighted by molar-refractivity contribution is 0.665. The van der Waals surface area contributed by atoms with Crippen molar-refractivity contribution >= 4 is 23.0 Å². The first-order chi connectivity index (χ1) is 7.77. The van der Waals surface area contributed by atoms with Gasteiger partial charge in [-0.3, -0.25) is 10.2 Å². The van der Waals surface area contributed by atoms with Crippen molar-refractivity contribution in [2.75, 3.05) is 5.43 Å². The van der Waals surface area contributed by atoms with Crippen molar-refractivity contribution in [3.8, 4) is 0 Å². The SMILES string of the molecule is O=c1[nH]ncc(NN=C2CCCCC2)c1Cl. The van der Waals surface area contributed by atoms with Crippen LogP contribution in [0.4, 0.5) is 5.69 Å². The smallest absolute Gasteiger partial charge is 0.275 e. The van der Waals surface area contributed by atoms with Gasteiger partial charge in [0.2, 0.25) is 0 Å². The molecule has 0 amide bonds. The third kappa shape index (κ3) is 2.61. The van der Waals surface area contributed by atoms with Crippen molar-refractivity contribution in [1.29, 1.82) is 0 Å². The number of nitrogens with zero attached hydrogens (tertiary/aromatic N) is 2. The fourth-order valence-electron chi connectivity index (χ4n) is 1.67. The molecule has 1 saturated carbocycles. The first kappa shape index (κ1) is 11.1. The highest BCUT2D eigenvalue weighted by Crippen LogP contribution is 2.17. The minimum atomic E-state index is -0.407. The van der Waals surface area contributed by atoms with Crippen LogP contribution < -0.4 is 11.0 Å². The molecular weight excluding hydrogens is 228 g/mol. The number of hydrogen-bond acceptors (Lipinski definition) is 4. The Morgan fingerprint density at radius 3 is 2.88 bits per heavy atom. The summed E-state index contributed by atoms with van der Waals surface area (Å²) in [5.74, 6) is 0. The van der Waals surface area contributed by atoms with Crippen LogP contribution >= 0.6 is 11.6 Å². The zero-order chi connectivity index (χ0) is 11.4. The summed E-state index contributed by atoms with van der Waals surface area (Å²) in [7, 11) is 0. The van der Waals surface area contributed by atoms with Crippen LogP contribution in [0.25, 0.3) is 0 Å². The molecule has 0 spiro atoms. The summed E-state index contributed by atoms with van der Waals surface area (Å²) in [6.07, 6.45) is 7.12. The summed E-state index contributed by atoms with van der Waals surface area (Å²) in [5.41, 5.74) is 3.97. The molecule has 1 aliphatic carbocycles. The number of hydrogen-bond donors (Lipinski definition) is 2. The predicted molar refractivity (Wildman–Crippen MR) is 64.0 cm³/mol. The summed E-state index contributed by atoms with van der Waals surface area (Å²) in [5, 5.41) is 10.2. The highest BCUT2D eigenvalue weighted by molar-refractivity contribution is 6.32. The second-order valence-corrected chi connectivity index (χ2v) is 4.16. The van der Waals surface area contributed by atoms with Gasteiger partial charge < -0.3 is 0 Å². The first-order valence-electron chi connectivity index (χ1n) is 5.32. The molecule has 0 aromatic carbocycles. The number of hydrazone groups is 1.